The highest BCUT2D eigenvalue weighted by atomic mass is 32.2. The second kappa shape index (κ2) is 12.6. The van der Waals surface area contributed by atoms with Gasteiger partial charge in [0.2, 0.25) is 11.8 Å². The molecule has 184 valence electrons. The molecule has 4 nitrogen and oxygen atoms in total. The molecule has 0 saturated carbocycles. The minimum absolute atomic E-state index is 0.0310. The van der Waals surface area contributed by atoms with E-state index in [0.29, 0.717) is 18.7 Å². The third-order valence-electron chi connectivity index (χ3n) is 5.58. The second-order valence-electron chi connectivity index (χ2n) is 9.93. The van der Waals surface area contributed by atoms with Crippen molar-refractivity contribution in [1.29, 1.82) is 0 Å². The van der Waals surface area contributed by atoms with E-state index >= 15 is 0 Å². The quantitative estimate of drug-likeness (QED) is 0.393. The van der Waals surface area contributed by atoms with E-state index in [1.165, 1.54) is 5.56 Å². The van der Waals surface area contributed by atoms with Gasteiger partial charge in [-0.05, 0) is 44.4 Å². The summed E-state index contributed by atoms with van der Waals surface area (Å²) in [5.41, 5.74) is 3.99. The number of hydrogen-bond donors (Lipinski definition) is 1. The minimum atomic E-state index is -0.609. The minimum Gasteiger partial charge on any atom is -0.350 e. The van der Waals surface area contributed by atoms with Gasteiger partial charge in [-0.15, -0.1) is 11.8 Å². The average Bonchev–Trinajstić information content (AvgIpc) is 2.82. The summed E-state index contributed by atoms with van der Waals surface area (Å²) in [4.78, 5) is 28.9. The summed E-state index contributed by atoms with van der Waals surface area (Å²) in [5, 5.41) is 3.11. The van der Waals surface area contributed by atoms with Crippen LogP contribution in [0.4, 0.5) is 0 Å². The van der Waals surface area contributed by atoms with Gasteiger partial charge in [0.15, 0.2) is 0 Å². The summed E-state index contributed by atoms with van der Waals surface area (Å²) in [5.74, 6) is 0.906. The van der Waals surface area contributed by atoms with Crippen molar-refractivity contribution >= 4 is 23.6 Å². The van der Waals surface area contributed by atoms with Crippen molar-refractivity contribution in [3.8, 4) is 0 Å². The van der Waals surface area contributed by atoms with Gasteiger partial charge in [-0.3, -0.25) is 9.59 Å². The largest absolute Gasteiger partial charge is 0.350 e. The summed E-state index contributed by atoms with van der Waals surface area (Å²) >= 11 is 1.58. The second-order valence-corrected chi connectivity index (χ2v) is 10.9. The highest BCUT2D eigenvalue weighted by Crippen LogP contribution is 2.19. The van der Waals surface area contributed by atoms with Crippen LogP contribution in [0.15, 0.2) is 84.9 Å². The molecule has 0 aliphatic carbocycles. The lowest BCUT2D eigenvalue weighted by Crippen LogP contribution is -2.54. The molecule has 0 unspecified atom stereocenters. The molecule has 2 amide bonds. The van der Waals surface area contributed by atoms with E-state index in [0.717, 1.165) is 22.4 Å². The van der Waals surface area contributed by atoms with Crippen LogP contribution in [0, 0.1) is 6.92 Å². The van der Waals surface area contributed by atoms with Crippen LogP contribution in [0.3, 0.4) is 0 Å². The van der Waals surface area contributed by atoms with E-state index in [1.54, 1.807) is 16.7 Å². The van der Waals surface area contributed by atoms with Gasteiger partial charge >= 0.3 is 0 Å². The van der Waals surface area contributed by atoms with Gasteiger partial charge in [0.05, 0.1) is 5.75 Å². The molecule has 0 spiro atoms. The highest BCUT2D eigenvalue weighted by Gasteiger charge is 2.32. The molecule has 0 aliphatic rings. The first-order valence-corrected chi connectivity index (χ1v) is 13.2. The summed E-state index contributed by atoms with van der Waals surface area (Å²) in [6, 6.07) is 27.6. The van der Waals surface area contributed by atoms with E-state index in [2.05, 4.69) is 17.4 Å². The van der Waals surface area contributed by atoms with Crippen LogP contribution < -0.4 is 5.32 Å². The fraction of sp³-hybridized carbons (Fsp3) is 0.333. The summed E-state index contributed by atoms with van der Waals surface area (Å²) in [7, 11) is 0. The number of aryl methyl sites for hydroxylation is 1. The van der Waals surface area contributed by atoms with Crippen molar-refractivity contribution in [2.45, 2.75) is 58.0 Å². The first-order valence-electron chi connectivity index (χ1n) is 12.0. The number of thioether (sulfide) groups is 1. The smallest absolute Gasteiger partial charge is 0.243 e. The molecule has 3 rings (SSSR count). The van der Waals surface area contributed by atoms with Gasteiger partial charge < -0.3 is 10.2 Å². The fourth-order valence-corrected chi connectivity index (χ4v) is 4.68. The van der Waals surface area contributed by atoms with Crippen LogP contribution in [-0.4, -0.2) is 34.0 Å². The third kappa shape index (κ3) is 8.91. The molecule has 0 radical (unpaired) electrons. The maximum Gasteiger partial charge on any atom is 0.243 e. The van der Waals surface area contributed by atoms with Crippen LogP contribution in [0.2, 0.25) is 0 Å². The van der Waals surface area contributed by atoms with Crippen molar-refractivity contribution in [2.75, 3.05) is 5.75 Å². The van der Waals surface area contributed by atoms with Crippen molar-refractivity contribution in [3.05, 3.63) is 107 Å². The van der Waals surface area contributed by atoms with Crippen molar-refractivity contribution in [2.24, 2.45) is 0 Å². The van der Waals surface area contributed by atoms with E-state index in [1.807, 2.05) is 100 Å². The molecule has 0 aromatic heterocycles. The Kier molecular flexibility index (Phi) is 9.55. The lowest BCUT2D eigenvalue weighted by Gasteiger charge is -2.34. The standard InChI is InChI=1S/C30H36N2O2S/c1-23-15-17-25(18-16-23)20-32(28(33)22-35-21-26-13-9-6-10-14-26)27(29(34)31-30(2,3)4)19-24-11-7-5-8-12-24/h5-18,27H,19-22H2,1-4H3,(H,31,34)/t27-/m0/s1. The highest BCUT2D eigenvalue weighted by molar-refractivity contribution is 7.99. The predicted octanol–water partition coefficient (Wildman–Crippen LogP) is 5.78. The van der Waals surface area contributed by atoms with E-state index in [-0.39, 0.29) is 11.8 Å². The van der Waals surface area contributed by atoms with E-state index in [4.69, 9.17) is 0 Å². The van der Waals surface area contributed by atoms with Crippen molar-refractivity contribution < 1.29 is 9.59 Å². The molecular formula is C30H36N2O2S. The zero-order chi connectivity index (χ0) is 25.3. The number of hydrogen-bond acceptors (Lipinski definition) is 3. The molecule has 5 heteroatoms. The van der Waals surface area contributed by atoms with Crippen molar-refractivity contribution in [3.63, 3.8) is 0 Å². The number of nitrogens with one attached hydrogen (secondary N) is 1. The molecule has 0 bridgehead atoms. The Balaban J connectivity index is 1.86. The van der Waals surface area contributed by atoms with Crippen LogP contribution in [0.5, 0.6) is 0 Å². The molecule has 0 heterocycles. The Hall–Kier alpha value is -3.05. The molecule has 3 aromatic rings. The monoisotopic (exact) mass is 488 g/mol. The van der Waals surface area contributed by atoms with E-state index < -0.39 is 11.6 Å². The Morgan fingerprint density at radius 1 is 0.829 bits per heavy atom. The first kappa shape index (κ1) is 26.6. The zero-order valence-corrected chi connectivity index (χ0v) is 22.0. The number of carbonyl (C=O) groups is 2. The Bertz CT molecular complexity index is 1080. The van der Waals surface area contributed by atoms with Gasteiger partial charge in [-0.2, -0.15) is 0 Å². The number of carbonyl (C=O) groups excluding carboxylic acids is 2. The molecule has 0 aliphatic heterocycles. The van der Waals surface area contributed by atoms with Gasteiger partial charge in [-0.25, -0.2) is 0 Å². The number of amides is 2. The molecular weight excluding hydrogens is 452 g/mol. The Morgan fingerprint density at radius 3 is 1.97 bits per heavy atom. The topological polar surface area (TPSA) is 49.4 Å². The lowest BCUT2D eigenvalue weighted by molar-refractivity contribution is -0.140. The number of nitrogens with zero attached hydrogens (tertiary/aromatic N) is 1. The summed E-state index contributed by atoms with van der Waals surface area (Å²) in [6.45, 7) is 8.33. The van der Waals surface area contributed by atoms with Crippen LogP contribution in [0.1, 0.15) is 43.0 Å². The Morgan fingerprint density at radius 2 is 1.40 bits per heavy atom. The van der Waals surface area contributed by atoms with Gasteiger partial charge in [0, 0.05) is 24.3 Å². The number of rotatable bonds is 10. The number of benzene rings is 3. The molecule has 1 atom stereocenters. The summed E-state index contributed by atoms with van der Waals surface area (Å²) < 4.78 is 0. The average molecular weight is 489 g/mol. The van der Waals surface area contributed by atoms with Gasteiger partial charge in [-0.1, -0.05) is 90.5 Å². The lowest BCUT2D eigenvalue weighted by atomic mass is 10.0. The molecule has 35 heavy (non-hydrogen) atoms. The van der Waals surface area contributed by atoms with Crippen molar-refractivity contribution in [1.82, 2.24) is 10.2 Å². The normalized spacial score (nSPS) is 12.1. The molecule has 0 saturated heterocycles. The van der Waals surface area contributed by atoms with Crippen LogP contribution in [-0.2, 0) is 28.3 Å². The first-order chi connectivity index (χ1) is 16.7. The van der Waals surface area contributed by atoms with Gasteiger partial charge in [0.1, 0.15) is 6.04 Å². The predicted molar refractivity (Wildman–Crippen MR) is 146 cm³/mol. The molecule has 0 fully saturated rings. The maximum atomic E-state index is 13.6. The zero-order valence-electron chi connectivity index (χ0n) is 21.2. The molecule has 1 N–H and O–H groups in total. The van der Waals surface area contributed by atoms with E-state index in [9.17, 15) is 9.59 Å². The third-order valence-corrected chi connectivity index (χ3v) is 6.57. The SMILES string of the molecule is Cc1ccc(CN(C(=O)CSCc2ccccc2)[C@@H](Cc2ccccc2)C(=O)NC(C)(C)C)cc1. The maximum absolute atomic E-state index is 13.6. The Labute approximate surface area is 214 Å². The van der Waals surface area contributed by atoms with Crippen LogP contribution >= 0.6 is 11.8 Å². The van der Waals surface area contributed by atoms with Crippen LogP contribution in [0.25, 0.3) is 0 Å². The molecule has 3 aromatic carbocycles. The van der Waals surface area contributed by atoms with Gasteiger partial charge in [0.25, 0.3) is 0 Å². The summed E-state index contributed by atoms with van der Waals surface area (Å²) in [6.07, 6.45) is 0.462. The fourth-order valence-electron chi connectivity index (χ4n) is 3.81.